The van der Waals surface area contributed by atoms with Gasteiger partial charge in [-0.2, -0.15) is 0 Å². The number of aryl methyl sites for hydroxylation is 1. The first kappa shape index (κ1) is 9.16. The maximum atomic E-state index is 4.33. The Kier molecular flexibility index (Phi) is 2.00. The standard InChI is InChI=1S/C14H12N2/c1-10-5-2-3-6-11(10)13-9-14-12(16-13)7-4-8-15-14/h2-9,16H,1H3. The second-order valence-corrected chi connectivity index (χ2v) is 3.93. The first-order chi connectivity index (χ1) is 7.84. The molecule has 1 N–H and O–H groups in total. The van der Waals surface area contributed by atoms with Gasteiger partial charge in [0, 0.05) is 17.5 Å². The van der Waals surface area contributed by atoms with Crippen molar-refractivity contribution in [1.29, 1.82) is 0 Å². The maximum absolute atomic E-state index is 4.33. The minimum Gasteiger partial charge on any atom is -0.353 e. The van der Waals surface area contributed by atoms with Crippen LogP contribution in [0.3, 0.4) is 0 Å². The van der Waals surface area contributed by atoms with Gasteiger partial charge >= 0.3 is 0 Å². The molecule has 0 bridgehead atoms. The average Bonchev–Trinajstić information content (AvgIpc) is 2.73. The summed E-state index contributed by atoms with van der Waals surface area (Å²) in [7, 11) is 0. The van der Waals surface area contributed by atoms with Crippen LogP contribution in [0.1, 0.15) is 5.56 Å². The summed E-state index contributed by atoms with van der Waals surface area (Å²) in [6, 6.07) is 14.4. The molecule has 0 aliphatic carbocycles. The monoisotopic (exact) mass is 208 g/mol. The largest absolute Gasteiger partial charge is 0.353 e. The number of rotatable bonds is 1. The lowest BCUT2D eigenvalue weighted by molar-refractivity contribution is 1.39. The lowest BCUT2D eigenvalue weighted by Gasteiger charge is -2.01. The van der Waals surface area contributed by atoms with E-state index in [0.717, 1.165) is 16.7 Å². The van der Waals surface area contributed by atoms with Crippen molar-refractivity contribution in [2.24, 2.45) is 0 Å². The summed E-state index contributed by atoms with van der Waals surface area (Å²) in [5.41, 5.74) is 5.74. The molecule has 0 amide bonds. The van der Waals surface area contributed by atoms with E-state index in [9.17, 15) is 0 Å². The molecule has 78 valence electrons. The predicted octanol–water partition coefficient (Wildman–Crippen LogP) is 3.54. The van der Waals surface area contributed by atoms with E-state index in [2.05, 4.69) is 47.2 Å². The van der Waals surface area contributed by atoms with Gasteiger partial charge in [0.15, 0.2) is 0 Å². The Hall–Kier alpha value is -2.09. The molecule has 2 heteroatoms. The molecule has 0 unspecified atom stereocenters. The van der Waals surface area contributed by atoms with Crippen molar-refractivity contribution < 1.29 is 0 Å². The molecule has 0 fully saturated rings. The van der Waals surface area contributed by atoms with Crippen LogP contribution in [0.25, 0.3) is 22.3 Å². The second kappa shape index (κ2) is 3.49. The van der Waals surface area contributed by atoms with Crippen molar-refractivity contribution in [3.8, 4) is 11.3 Å². The summed E-state index contributed by atoms with van der Waals surface area (Å²) < 4.78 is 0. The molecular weight excluding hydrogens is 196 g/mol. The summed E-state index contributed by atoms with van der Waals surface area (Å²) >= 11 is 0. The van der Waals surface area contributed by atoms with Gasteiger partial charge in [-0.3, -0.25) is 4.98 Å². The molecule has 0 aliphatic rings. The molecule has 0 spiro atoms. The van der Waals surface area contributed by atoms with Crippen LogP contribution >= 0.6 is 0 Å². The van der Waals surface area contributed by atoms with Gasteiger partial charge in [-0.05, 0) is 30.7 Å². The van der Waals surface area contributed by atoms with Crippen molar-refractivity contribution in [3.63, 3.8) is 0 Å². The molecule has 0 radical (unpaired) electrons. The van der Waals surface area contributed by atoms with Crippen molar-refractivity contribution in [2.75, 3.05) is 0 Å². The number of fused-ring (bicyclic) bond motifs is 1. The molecule has 2 aromatic heterocycles. The number of hydrogen-bond acceptors (Lipinski definition) is 1. The van der Waals surface area contributed by atoms with Crippen molar-refractivity contribution in [1.82, 2.24) is 9.97 Å². The number of nitrogens with zero attached hydrogens (tertiary/aromatic N) is 1. The minimum atomic E-state index is 1.01. The number of pyridine rings is 1. The van der Waals surface area contributed by atoms with Gasteiger partial charge in [-0.15, -0.1) is 0 Å². The third kappa shape index (κ3) is 1.39. The summed E-state index contributed by atoms with van der Waals surface area (Å²) in [5.74, 6) is 0. The Morgan fingerprint density at radius 2 is 1.94 bits per heavy atom. The molecule has 0 saturated carbocycles. The number of nitrogens with one attached hydrogen (secondary N) is 1. The lowest BCUT2D eigenvalue weighted by Crippen LogP contribution is -1.81. The second-order valence-electron chi connectivity index (χ2n) is 3.93. The van der Waals surface area contributed by atoms with Gasteiger partial charge in [0.05, 0.1) is 11.0 Å². The average molecular weight is 208 g/mol. The van der Waals surface area contributed by atoms with Gasteiger partial charge in [0.1, 0.15) is 0 Å². The Bertz CT molecular complexity index is 605. The highest BCUT2D eigenvalue weighted by molar-refractivity contribution is 5.83. The molecule has 16 heavy (non-hydrogen) atoms. The van der Waals surface area contributed by atoms with E-state index in [1.54, 1.807) is 0 Å². The molecule has 0 saturated heterocycles. The fourth-order valence-corrected chi connectivity index (χ4v) is 1.98. The van der Waals surface area contributed by atoms with Gasteiger partial charge in [0.2, 0.25) is 0 Å². The smallest absolute Gasteiger partial charge is 0.0885 e. The molecule has 1 aromatic carbocycles. The van der Waals surface area contributed by atoms with E-state index in [4.69, 9.17) is 0 Å². The minimum absolute atomic E-state index is 1.01. The zero-order chi connectivity index (χ0) is 11.0. The van der Waals surface area contributed by atoms with Gasteiger partial charge in [-0.25, -0.2) is 0 Å². The summed E-state index contributed by atoms with van der Waals surface area (Å²) in [5, 5.41) is 0. The van der Waals surface area contributed by atoms with Crippen molar-refractivity contribution >= 4 is 11.0 Å². The predicted molar refractivity (Wildman–Crippen MR) is 66.3 cm³/mol. The molecule has 2 nitrogen and oxygen atoms in total. The van der Waals surface area contributed by atoms with E-state index in [0.29, 0.717) is 0 Å². The molecule has 0 aliphatic heterocycles. The van der Waals surface area contributed by atoms with Crippen LogP contribution in [0.4, 0.5) is 0 Å². The number of hydrogen-bond donors (Lipinski definition) is 1. The normalized spacial score (nSPS) is 10.8. The SMILES string of the molecule is Cc1ccccc1-c1cc2ncccc2[nH]1. The van der Waals surface area contributed by atoms with Crippen LogP contribution in [0, 0.1) is 6.92 Å². The van der Waals surface area contributed by atoms with Crippen LogP contribution < -0.4 is 0 Å². The Labute approximate surface area is 94.0 Å². The first-order valence-electron chi connectivity index (χ1n) is 5.34. The first-order valence-corrected chi connectivity index (χ1v) is 5.34. The molecule has 3 aromatic rings. The number of aromatic nitrogens is 2. The molecule has 3 rings (SSSR count). The highest BCUT2D eigenvalue weighted by Gasteiger charge is 2.05. The third-order valence-corrected chi connectivity index (χ3v) is 2.82. The zero-order valence-electron chi connectivity index (χ0n) is 9.07. The highest BCUT2D eigenvalue weighted by Crippen LogP contribution is 2.25. The third-order valence-electron chi connectivity index (χ3n) is 2.82. The van der Waals surface area contributed by atoms with Crippen molar-refractivity contribution in [3.05, 3.63) is 54.2 Å². The van der Waals surface area contributed by atoms with Crippen LogP contribution in [0.15, 0.2) is 48.7 Å². The lowest BCUT2D eigenvalue weighted by atomic mass is 10.1. The molecule has 2 heterocycles. The van der Waals surface area contributed by atoms with Crippen LogP contribution in [0.5, 0.6) is 0 Å². The zero-order valence-corrected chi connectivity index (χ0v) is 9.07. The number of benzene rings is 1. The summed E-state index contributed by atoms with van der Waals surface area (Å²) in [6.07, 6.45) is 1.82. The molecular formula is C14H12N2. The Morgan fingerprint density at radius 3 is 2.75 bits per heavy atom. The number of H-pyrrole nitrogens is 1. The van der Waals surface area contributed by atoms with Crippen molar-refractivity contribution in [2.45, 2.75) is 6.92 Å². The summed E-state index contributed by atoms with van der Waals surface area (Å²) in [4.78, 5) is 7.72. The fraction of sp³-hybridized carbons (Fsp3) is 0.0714. The van der Waals surface area contributed by atoms with E-state index in [1.165, 1.54) is 11.1 Å². The Balaban J connectivity index is 2.23. The van der Waals surface area contributed by atoms with E-state index in [1.807, 2.05) is 18.3 Å². The van der Waals surface area contributed by atoms with Gasteiger partial charge in [-0.1, -0.05) is 24.3 Å². The fourth-order valence-electron chi connectivity index (χ4n) is 1.98. The topological polar surface area (TPSA) is 28.7 Å². The van der Waals surface area contributed by atoms with E-state index in [-0.39, 0.29) is 0 Å². The quantitative estimate of drug-likeness (QED) is 0.651. The molecule has 0 atom stereocenters. The maximum Gasteiger partial charge on any atom is 0.0885 e. The van der Waals surface area contributed by atoms with Crippen LogP contribution in [0.2, 0.25) is 0 Å². The van der Waals surface area contributed by atoms with E-state index < -0.39 is 0 Å². The van der Waals surface area contributed by atoms with Crippen LogP contribution in [-0.4, -0.2) is 9.97 Å². The van der Waals surface area contributed by atoms with Gasteiger partial charge < -0.3 is 4.98 Å². The van der Waals surface area contributed by atoms with Crippen LogP contribution in [-0.2, 0) is 0 Å². The summed E-state index contributed by atoms with van der Waals surface area (Å²) in [6.45, 7) is 2.12. The number of aromatic amines is 1. The van der Waals surface area contributed by atoms with Gasteiger partial charge in [0.25, 0.3) is 0 Å². The highest BCUT2D eigenvalue weighted by atomic mass is 14.8. The van der Waals surface area contributed by atoms with E-state index >= 15 is 0 Å². The Morgan fingerprint density at radius 1 is 1.06 bits per heavy atom.